The lowest BCUT2D eigenvalue weighted by atomic mass is 9.95. The van der Waals surface area contributed by atoms with Crippen LogP contribution in [0.5, 0.6) is 0 Å². The third-order valence-corrected chi connectivity index (χ3v) is 1.18. The molecule has 0 aromatic carbocycles. The van der Waals surface area contributed by atoms with Crippen molar-refractivity contribution < 1.29 is 18.3 Å². The van der Waals surface area contributed by atoms with Gasteiger partial charge in [-0.2, -0.15) is 0 Å². The summed E-state index contributed by atoms with van der Waals surface area (Å²) in [5, 5.41) is 8.10. The second-order valence-corrected chi connectivity index (χ2v) is 2.46. The normalized spacial score (nSPS) is 16.3. The molecule has 9 heavy (non-hydrogen) atoms. The molecule has 0 amide bonds. The Morgan fingerprint density at radius 2 is 1.56 bits per heavy atom. The van der Waals surface area contributed by atoms with Crippen molar-refractivity contribution in [1.29, 1.82) is 0 Å². The van der Waals surface area contributed by atoms with Gasteiger partial charge in [-0.25, -0.2) is 13.2 Å². The molecule has 0 rings (SSSR count). The minimum absolute atomic E-state index is 0.961. The van der Waals surface area contributed by atoms with Crippen molar-refractivity contribution >= 4 is 0 Å². The maximum absolute atomic E-state index is 11.8. The summed E-state index contributed by atoms with van der Waals surface area (Å²) in [7, 11) is 0. The molecule has 1 N–H and O–H groups in total. The van der Waals surface area contributed by atoms with Gasteiger partial charge in [-0.15, -0.1) is 0 Å². The Balaban J connectivity index is 4.01. The van der Waals surface area contributed by atoms with Crippen LogP contribution in [-0.4, -0.2) is 17.9 Å². The summed E-state index contributed by atoms with van der Waals surface area (Å²) in [6.45, 7) is 1.92. The SMILES string of the molecule is CC(C)(C(O)F)C(F)F. The fourth-order valence-electron chi connectivity index (χ4n) is 0.104. The van der Waals surface area contributed by atoms with Crippen LogP contribution in [0, 0.1) is 5.41 Å². The molecule has 0 fully saturated rings. The summed E-state index contributed by atoms with van der Waals surface area (Å²) in [6, 6.07) is 0. The maximum Gasteiger partial charge on any atom is 0.248 e. The van der Waals surface area contributed by atoms with E-state index in [-0.39, 0.29) is 0 Å². The van der Waals surface area contributed by atoms with Gasteiger partial charge in [0, 0.05) is 0 Å². The summed E-state index contributed by atoms with van der Waals surface area (Å²) in [5.74, 6) is 0. The number of aliphatic hydroxyl groups is 1. The van der Waals surface area contributed by atoms with Crippen molar-refractivity contribution in [3.05, 3.63) is 0 Å². The monoisotopic (exact) mass is 142 g/mol. The van der Waals surface area contributed by atoms with E-state index in [4.69, 9.17) is 5.11 Å². The summed E-state index contributed by atoms with van der Waals surface area (Å²) < 4.78 is 35.1. The zero-order valence-electron chi connectivity index (χ0n) is 5.24. The molecule has 0 aliphatic rings. The smallest absolute Gasteiger partial charge is 0.248 e. The summed E-state index contributed by atoms with van der Waals surface area (Å²) in [4.78, 5) is 0. The Morgan fingerprint density at radius 1 is 1.22 bits per heavy atom. The van der Waals surface area contributed by atoms with Crippen LogP contribution in [-0.2, 0) is 0 Å². The molecule has 56 valence electrons. The van der Waals surface area contributed by atoms with Crippen molar-refractivity contribution in [3.8, 4) is 0 Å². The van der Waals surface area contributed by atoms with Gasteiger partial charge < -0.3 is 5.11 Å². The molecule has 0 aliphatic heterocycles. The van der Waals surface area contributed by atoms with Gasteiger partial charge in [-0.1, -0.05) is 0 Å². The van der Waals surface area contributed by atoms with Gasteiger partial charge in [0.25, 0.3) is 0 Å². The van der Waals surface area contributed by atoms with Gasteiger partial charge in [0.2, 0.25) is 12.8 Å². The van der Waals surface area contributed by atoms with Crippen LogP contribution >= 0.6 is 0 Å². The van der Waals surface area contributed by atoms with E-state index in [2.05, 4.69) is 0 Å². The van der Waals surface area contributed by atoms with Crippen LogP contribution < -0.4 is 0 Å². The fraction of sp³-hybridized carbons (Fsp3) is 1.00. The molecule has 0 heterocycles. The highest BCUT2D eigenvalue weighted by atomic mass is 19.3. The van der Waals surface area contributed by atoms with Crippen LogP contribution in [0.1, 0.15) is 13.8 Å². The number of aliphatic hydroxyl groups excluding tert-OH is 1. The molecule has 0 saturated carbocycles. The predicted octanol–water partition coefficient (Wildman–Crippen LogP) is 1.57. The van der Waals surface area contributed by atoms with Crippen molar-refractivity contribution in [2.45, 2.75) is 26.6 Å². The van der Waals surface area contributed by atoms with E-state index >= 15 is 0 Å². The van der Waals surface area contributed by atoms with Gasteiger partial charge in [0.15, 0.2) is 0 Å². The Hall–Kier alpha value is -0.250. The Kier molecular flexibility index (Phi) is 2.49. The third kappa shape index (κ3) is 1.86. The lowest BCUT2D eigenvalue weighted by Crippen LogP contribution is -2.32. The minimum Gasteiger partial charge on any atom is -0.363 e. The first-order valence-corrected chi connectivity index (χ1v) is 2.49. The van der Waals surface area contributed by atoms with Gasteiger partial charge in [-0.3, -0.25) is 0 Å². The standard InChI is InChI=1S/C5H9F3O/c1-5(2,3(6)7)4(8)9/h3-4,9H,1-2H3. The second kappa shape index (κ2) is 2.56. The van der Waals surface area contributed by atoms with Crippen LogP contribution in [0.3, 0.4) is 0 Å². The molecule has 0 bridgehead atoms. The first kappa shape index (κ1) is 8.75. The number of hydrogen-bond acceptors (Lipinski definition) is 1. The third-order valence-electron chi connectivity index (χ3n) is 1.18. The molecule has 0 aromatic heterocycles. The summed E-state index contributed by atoms with van der Waals surface area (Å²) >= 11 is 0. The average Bonchev–Trinajstić information content (AvgIpc) is 1.65. The van der Waals surface area contributed by atoms with Gasteiger partial charge in [-0.05, 0) is 13.8 Å². The lowest BCUT2D eigenvalue weighted by Gasteiger charge is -2.23. The minimum atomic E-state index is -2.84. The van der Waals surface area contributed by atoms with Gasteiger partial charge in [0.1, 0.15) is 0 Å². The van der Waals surface area contributed by atoms with Crippen LogP contribution in [0.15, 0.2) is 0 Å². The van der Waals surface area contributed by atoms with Gasteiger partial charge in [0.05, 0.1) is 5.41 Å². The summed E-state index contributed by atoms with van der Waals surface area (Å²) in [6.07, 6.45) is -5.30. The van der Waals surface area contributed by atoms with E-state index in [0.29, 0.717) is 0 Å². The highest BCUT2D eigenvalue weighted by Gasteiger charge is 2.37. The molecule has 1 unspecified atom stereocenters. The zero-order chi connectivity index (χ0) is 7.65. The number of halogens is 3. The Labute approximate surface area is 51.5 Å². The van der Waals surface area contributed by atoms with E-state index in [9.17, 15) is 13.2 Å². The topological polar surface area (TPSA) is 20.2 Å². The largest absolute Gasteiger partial charge is 0.363 e. The first-order valence-electron chi connectivity index (χ1n) is 2.49. The molecule has 1 nitrogen and oxygen atoms in total. The van der Waals surface area contributed by atoms with Crippen molar-refractivity contribution in [3.63, 3.8) is 0 Å². The van der Waals surface area contributed by atoms with Crippen LogP contribution in [0.2, 0.25) is 0 Å². The van der Waals surface area contributed by atoms with Crippen molar-refractivity contribution in [1.82, 2.24) is 0 Å². The second-order valence-electron chi connectivity index (χ2n) is 2.46. The highest BCUT2D eigenvalue weighted by molar-refractivity contribution is 4.72. The van der Waals surface area contributed by atoms with E-state index < -0.39 is 18.2 Å². The Morgan fingerprint density at radius 3 is 1.56 bits per heavy atom. The molecular weight excluding hydrogens is 133 g/mol. The van der Waals surface area contributed by atoms with Crippen LogP contribution in [0.4, 0.5) is 13.2 Å². The number of rotatable bonds is 2. The van der Waals surface area contributed by atoms with Crippen LogP contribution in [0.25, 0.3) is 0 Å². The van der Waals surface area contributed by atoms with E-state index in [0.717, 1.165) is 13.8 Å². The highest BCUT2D eigenvalue weighted by Crippen LogP contribution is 2.29. The fourth-order valence-corrected chi connectivity index (χ4v) is 0.104. The average molecular weight is 142 g/mol. The molecule has 4 heteroatoms. The predicted molar refractivity (Wildman–Crippen MR) is 26.9 cm³/mol. The zero-order valence-corrected chi connectivity index (χ0v) is 5.24. The van der Waals surface area contributed by atoms with Crippen molar-refractivity contribution in [2.75, 3.05) is 0 Å². The quantitative estimate of drug-likeness (QED) is 0.620. The molecule has 0 aliphatic carbocycles. The number of hydrogen-bond donors (Lipinski definition) is 1. The molecule has 0 aromatic rings. The maximum atomic E-state index is 11.8. The Bertz CT molecular complexity index is 80.2. The molecule has 0 spiro atoms. The van der Waals surface area contributed by atoms with Crippen molar-refractivity contribution in [2.24, 2.45) is 5.41 Å². The van der Waals surface area contributed by atoms with E-state index in [1.165, 1.54) is 0 Å². The summed E-state index contributed by atoms with van der Waals surface area (Å²) in [5.41, 5.74) is -1.94. The lowest BCUT2D eigenvalue weighted by molar-refractivity contribution is -0.128. The van der Waals surface area contributed by atoms with E-state index in [1.807, 2.05) is 0 Å². The molecular formula is C5H9F3O. The van der Waals surface area contributed by atoms with Gasteiger partial charge >= 0.3 is 0 Å². The molecule has 0 saturated heterocycles. The first-order chi connectivity index (χ1) is 3.89. The molecule has 1 atom stereocenters. The number of alkyl halides is 3. The molecule has 0 radical (unpaired) electrons. The van der Waals surface area contributed by atoms with E-state index in [1.54, 1.807) is 0 Å².